The molecule has 0 fully saturated rings. The van der Waals surface area contributed by atoms with E-state index in [9.17, 15) is 16.8 Å². The number of anilines is 1. The normalized spacial score (nSPS) is 17.8. The molecule has 2 aromatic rings. The van der Waals surface area contributed by atoms with Crippen molar-refractivity contribution in [3.05, 3.63) is 53.1 Å². The molecule has 1 aliphatic rings. The van der Waals surface area contributed by atoms with Crippen LogP contribution in [0.15, 0.2) is 52.3 Å². The lowest BCUT2D eigenvalue weighted by atomic mass is 10.0. The van der Waals surface area contributed by atoms with Gasteiger partial charge in [0.25, 0.3) is 10.0 Å². The van der Waals surface area contributed by atoms with Crippen molar-refractivity contribution < 1.29 is 16.8 Å². The van der Waals surface area contributed by atoms with E-state index in [2.05, 4.69) is 0 Å². The van der Waals surface area contributed by atoms with E-state index < -0.39 is 19.9 Å². The second kappa shape index (κ2) is 5.75. The van der Waals surface area contributed by atoms with E-state index in [1.165, 1.54) is 16.4 Å². The Bertz CT molecular complexity index is 1020. The minimum atomic E-state index is -3.96. The van der Waals surface area contributed by atoms with Crippen molar-refractivity contribution in [2.75, 3.05) is 17.1 Å². The van der Waals surface area contributed by atoms with Crippen LogP contribution in [-0.2, 0) is 19.9 Å². The number of halogens is 1. The summed E-state index contributed by atoms with van der Waals surface area (Å²) in [5, 5.41) is -0.000524. The van der Waals surface area contributed by atoms with E-state index in [0.717, 1.165) is 17.9 Å². The summed E-state index contributed by atoms with van der Waals surface area (Å²) in [5.74, 6) is 0.0489. The fourth-order valence-corrected chi connectivity index (χ4v) is 5.64. The maximum absolute atomic E-state index is 13.1. The summed E-state index contributed by atoms with van der Waals surface area (Å²) < 4.78 is 51.0. The van der Waals surface area contributed by atoms with Gasteiger partial charge in [0.2, 0.25) is 0 Å². The minimum absolute atomic E-state index is 0.000524. The number of fused-ring (bicyclic) bond motifs is 1. The largest absolute Gasteiger partial charge is 0.265 e. The molecule has 1 unspecified atom stereocenters. The van der Waals surface area contributed by atoms with E-state index in [-0.39, 0.29) is 20.7 Å². The van der Waals surface area contributed by atoms with Gasteiger partial charge in [-0.2, -0.15) is 0 Å². The van der Waals surface area contributed by atoms with Gasteiger partial charge in [-0.15, -0.1) is 0 Å². The first-order valence-corrected chi connectivity index (χ1v) is 10.9. The van der Waals surface area contributed by atoms with E-state index in [0.29, 0.717) is 12.2 Å². The maximum atomic E-state index is 13.1. The maximum Gasteiger partial charge on any atom is 0.265 e. The van der Waals surface area contributed by atoms with Gasteiger partial charge in [0, 0.05) is 18.7 Å². The van der Waals surface area contributed by atoms with E-state index in [1.54, 1.807) is 12.1 Å². The molecule has 0 spiro atoms. The molecule has 0 aliphatic carbocycles. The van der Waals surface area contributed by atoms with Crippen molar-refractivity contribution in [3.63, 3.8) is 0 Å². The van der Waals surface area contributed by atoms with Crippen molar-refractivity contribution in [2.45, 2.75) is 22.6 Å². The van der Waals surface area contributed by atoms with Crippen molar-refractivity contribution >= 4 is 37.1 Å². The highest BCUT2D eigenvalue weighted by atomic mass is 35.5. The van der Waals surface area contributed by atoms with Crippen LogP contribution in [0.2, 0.25) is 5.02 Å². The van der Waals surface area contributed by atoms with Gasteiger partial charge in [-0.05, 0) is 29.8 Å². The molecule has 5 nitrogen and oxygen atoms in total. The Balaban J connectivity index is 2.17. The smallest absolute Gasteiger partial charge is 0.265 e. The topological polar surface area (TPSA) is 71.5 Å². The summed E-state index contributed by atoms with van der Waals surface area (Å²) in [5.41, 5.74) is 1.54. The first kappa shape index (κ1) is 17.3. The monoisotopic (exact) mass is 385 g/mol. The molecule has 0 aromatic heterocycles. The molecule has 1 heterocycles. The molecule has 0 saturated carbocycles. The Kier molecular flexibility index (Phi) is 4.14. The predicted molar refractivity (Wildman–Crippen MR) is 94.0 cm³/mol. The zero-order valence-corrected chi connectivity index (χ0v) is 15.5. The van der Waals surface area contributed by atoms with Gasteiger partial charge in [-0.25, -0.2) is 16.8 Å². The quantitative estimate of drug-likeness (QED) is 0.814. The molecule has 0 amide bonds. The highest BCUT2D eigenvalue weighted by Crippen LogP contribution is 2.40. The van der Waals surface area contributed by atoms with Crippen LogP contribution in [0, 0.1) is 0 Å². The van der Waals surface area contributed by atoms with E-state index in [4.69, 9.17) is 11.6 Å². The van der Waals surface area contributed by atoms with Crippen LogP contribution in [0.4, 0.5) is 5.69 Å². The van der Waals surface area contributed by atoms with Gasteiger partial charge in [0.05, 0.1) is 15.6 Å². The first-order chi connectivity index (χ1) is 11.1. The Morgan fingerprint density at radius 2 is 1.75 bits per heavy atom. The zero-order valence-electron chi connectivity index (χ0n) is 13.1. The summed E-state index contributed by atoms with van der Waals surface area (Å²) in [7, 11) is -7.50. The second-order valence-corrected chi connectivity index (χ2v) is 10.1. The van der Waals surface area contributed by atoms with Gasteiger partial charge in [-0.1, -0.05) is 36.7 Å². The number of benzene rings is 2. The average molecular weight is 386 g/mol. The molecule has 0 N–H and O–H groups in total. The standard InChI is InChI=1S/C16H16ClNO4S2/c1-11-10-18(15-6-4-3-5-13(11)15)24(21,22)16-9-12(23(2,19)20)7-8-14(16)17/h3-9,11H,10H2,1-2H3. The second-order valence-electron chi connectivity index (χ2n) is 5.86. The van der Waals surface area contributed by atoms with E-state index in [1.807, 2.05) is 19.1 Å². The molecule has 0 bridgehead atoms. The van der Waals surface area contributed by atoms with Crippen LogP contribution in [-0.4, -0.2) is 29.6 Å². The number of nitrogens with zero attached hydrogens (tertiary/aromatic N) is 1. The van der Waals surface area contributed by atoms with Gasteiger partial charge >= 0.3 is 0 Å². The van der Waals surface area contributed by atoms with Crippen molar-refractivity contribution in [1.29, 1.82) is 0 Å². The summed E-state index contributed by atoms with van der Waals surface area (Å²) in [6.45, 7) is 2.24. The van der Waals surface area contributed by atoms with Gasteiger partial charge < -0.3 is 0 Å². The van der Waals surface area contributed by atoms with Gasteiger partial charge in [-0.3, -0.25) is 4.31 Å². The number of hydrogen-bond acceptors (Lipinski definition) is 4. The highest BCUT2D eigenvalue weighted by Gasteiger charge is 2.35. The minimum Gasteiger partial charge on any atom is -0.265 e. The number of rotatable bonds is 3. The van der Waals surface area contributed by atoms with Crippen LogP contribution in [0.1, 0.15) is 18.4 Å². The molecular weight excluding hydrogens is 370 g/mol. The molecule has 0 saturated heterocycles. The Hall–Kier alpha value is -1.57. The lowest BCUT2D eigenvalue weighted by Gasteiger charge is -2.21. The Morgan fingerprint density at radius 1 is 1.08 bits per heavy atom. The fraction of sp³-hybridized carbons (Fsp3) is 0.250. The lowest BCUT2D eigenvalue weighted by Crippen LogP contribution is -2.30. The number of sulfonamides is 1. The molecule has 0 radical (unpaired) electrons. The molecule has 3 rings (SSSR count). The van der Waals surface area contributed by atoms with Gasteiger partial charge in [0.1, 0.15) is 4.90 Å². The summed E-state index contributed by atoms with van der Waals surface area (Å²) >= 11 is 6.07. The van der Waals surface area contributed by atoms with Crippen molar-refractivity contribution in [2.24, 2.45) is 0 Å². The third kappa shape index (κ3) is 2.81. The molecule has 24 heavy (non-hydrogen) atoms. The number of para-hydroxylation sites is 1. The number of hydrogen-bond donors (Lipinski definition) is 0. The van der Waals surface area contributed by atoms with Crippen LogP contribution in [0.3, 0.4) is 0 Å². The molecule has 2 aromatic carbocycles. The van der Waals surface area contributed by atoms with Crippen LogP contribution in [0.25, 0.3) is 0 Å². The third-order valence-corrected chi connectivity index (χ3v) is 7.45. The molecule has 1 aliphatic heterocycles. The summed E-state index contributed by atoms with van der Waals surface area (Å²) in [4.78, 5) is -0.276. The Labute approximate surface area is 146 Å². The highest BCUT2D eigenvalue weighted by molar-refractivity contribution is 7.93. The average Bonchev–Trinajstić information content (AvgIpc) is 2.85. The summed E-state index contributed by atoms with van der Waals surface area (Å²) in [6, 6.07) is 11.0. The third-order valence-electron chi connectivity index (χ3n) is 4.07. The fourth-order valence-electron chi connectivity index (χ4n) is 2.84. The predicted octanol–water partition coefficient (Wildman–Crippen LogP) is 3.06. The lowest BCUT2D eigenvalue weighted by molar-refractivity contribution is 0.590. The molecule has 128 valence electrons. The van der Waals surface area contributed by atoms with E-state index >= 15 is 0 Å². The molecular formula is C16H16ClNO4S2. The van der Waals surface area contributed by atoms with Crippen molar-refractivity contribution in [1.82, 2.24) is 0 Å². The number of sulfone groups is 1. The van der Waals surface area contributed by atoms with Gasteiger partial charge in [0.15, 0.2) is 9.84 Å². The SMILES string of the molecule is CC1CN(S(=O)(=O)c2cc(S(C)(=O)=O)ccc2Cl)c2ccccc21. The molecule has 8 heteroatoms. The summed E-state index contributed by atoms with van der Waals surface area (Å²) in [6.07, 6.45) is 1.03. The van der Waals surface area contributed by atoms with Crippen LogP contribution in [0.5, 0.6) is 0 Å². The van der Waals surface area contributed by atoms with Crippen molar-refractivity contribution in [3.8, 4) is 0 Å². The Morgan fingerprint density at radius 3 is 2.42 bits per heavy atom. The molecule has 1 atom stereocenters. The van der Waals surface area contributed by atoms with Crippen LogP contribution >= 0.6 is 11.6 Å². The first-order valence-electron chi connectivity index (χ1n) is 7.23. The van der Waals surface area contributed by atoms with Crippen LogP contribution < -0.4 is 4.31 Å². The zero-order chi connectivity index (χ0) is 17.7.